The van der Waals surface area contributed by atoms with Gasteiger partial charge >= 0.3 is 0 Å². The molecule has 0 atom stereocenters. The zero-order valence-electron chi connectivity index (χ0n) is 7.40. The first-order chi connectivity index (χ1) is 4.77. The van der Waals surface area contributed by atoms with E-state index in [9.17, 15) is 0 Å². The number of likely N-dealkylation sites (tertiary alicyclic amines) is 1. The van der Waals surface area contributed by atoms with Crippen molar-refractivity contribution in [3.63, 3.8) is 0 Å². The Morgan fingerprint density at radius 2 is 1.70 bits per heavy atom. The third-order valence-corrected chi connectivity index (χ3v) is 2.66. The lowest BCUT2D eigenvalue weighted by molar-refractivity contribution is -0.914. The first kappa shape index (κ1) is 8.06. The van der Waals surface area contributed by atoms with Crippen LogP contribution in [0.25, 0.3) is 0 Å². The Labute approximate surface area is 64.6 Å². The molecule has 0 bridgehead atoms. The number of quaternary nitrogens is 1. The van der Waals surface area contributed by atoms with Gasteiger partial charge in [0.05, 0.1) is 26.7 Å². The molecule has 0 aromatic carbocycles. The number of hydrogen-bond donors (Lipinski definition) is 0. The number of rotatable bonds is 2. The molecule has 1 heterocycles. The van der Waals surface area contributed by atoms with Crippen molar-refractivity contribution in [1.82, 2.24) is 0 Å². The summed E-state index contributed by atoms with van der Waals surface area (Å²) in [6.45, 7) is 6.53. The molecule has 0 amide bonds. The second-order valence-electron chi connectivity index (χ2n) is 3.85. The van der Waals surface area contributed by atoms with Gasteiger partial charge in [-0.2, -0.15) is 0 Å². The molecule has 1 nitrogen and oxygen atoms in total. The fourth-order valence-corrected chi connectivity index (χ4v) is 2.04. The van der Waals surface area contributed by atoms with Gasteiger partial charge < -0.3 is 4.48 Å². The molecular formula is C9H20N+. The molecule has 10 heavy (non-hydrogen) atoms. The summed E-state index contributed by atoms with van der Waals surface area (Å²) in [4.78, 5) is 0. The maximum Gasteiger partial charge on any atom is 0.0784 e. The van der Waals surface area contributed by atoms with Gasteiger partial charge in [0.1, 0.15) is 0 Å². The zero-order valence-corrected chi connectivity index (χ0v) is 7.40. The lowest BCUT2D eigenvalue weighted by Gasteiger charge is -2.37. The number of nitrogens with zero attached hydrogens (tertiary/aromatic N) is 1. The molecule has 1 aliphatic heterocycles. The van der Waals surface area contributed by atoms with E-state index < -0.39 is 0 Å². The van der Waals surface area contributed by atoms with Gasteiger partial charge in [0.2, 0.25) is 0 Å². The van der Waals surface area contributed by atoms with E-state index in [1.807, 2.05) is 0 Å². The molecule has 0 unspecified atom stereocenters. The molecule has 60 valence electrons. The van der Waals surface area contributed by atoms with Crippen molar-refractivity contribution in [2.24, 2.45) is 0 Å². The van der Waals surface area contributed by atoms with Crippen LogP contribution in [0.1, 0.15) is 32.6 Å². The summed E-state index contributed by atoms with van der Waals surface area (Å²) in [5, 5.41) is 0. The second-order valence-corrected chi connectivity index (χ2v) is 3.85. The highest BCUT2D eigenvalue weighted by molar-refractivity contribution is 4.50. The zero-order chi connectivity index (χ0) is 7.45. The maximum absolute atomic E-state index is 2.41. The Bertz CT molecular complexity index is 87.4. The predicted molar refractivity (Wildman–Crippen MR) is 44.9 cm³/mol. The van der Waals surface area contributed by atoms with Crippen LogP contribution in [-0.4, -0.2) is 31.2 Å². The normalized spacial score (nSPS) is 24.6. The first-order valence-electron chi connectivity index (χ1n) is 4.60. The molecule has 1 rings (SSSR count). The van der Waals surface area contributed by atoms with E-state index in [1.165, 1.54) is 49.8 Å². The van der Waals surface area contributed by atoms with Crippen LogP contribution >= 0.6 is 0 Å². The molecule has 0 aliphatic carbocycles. The number of hydrogen-bond acceptors (Lipinski definition) is 0. The highest BCUT2D eigenvalue weighted by atomic mass is 15.3. The third kappa shape index (κ3) is 1.98. The van der Waals surface area contributed by atoms with Gasteiger partial charge in [-0.3, -0.25) is 0 Å². The molecule has 0 aromatic rings. The van der Waals surface area contributed by atoms with Gasteiger partial charge in [-0.05, 0) is 25.7 Å². The minimum absolute atomic E-state index is 1.34. The fourth-order valence-electron chi connectivity index (χ4n) is 2.04. The Morgan fingerprint density at radius 1 is 1.10 bits per heavy atom. The van der Waals surface area contributed by atoms with E-state index in [-0.39, 0.29) is 0 Å². The van der Waals surface area contributed by atoms with E-state index in [0.29, 0.717) is 0 Å². The van der Waals surface area contributed by atoms with Crippen LogP contribution in [0.5, 0.6) is 0 Å². The largest absolute Gasteiger partial charge is 0.326 e. The smallest absolute Gasteiger partial charge is 0.0784 e. The summed E-state index contributed by atoms with van der Waals surface area (Å²) >= 11 is 0. The SMILES string of the molecule is CCC[N+]1(C)CCCCC1. The van der Waals surface area contributed by atoms with E-state index in [0.717, 1.165) is 0 Å². The van der Waals surface area contributed by atoms with Crippen LogP contribution < -0.4 is 0 Å². The molecule has 0 aromatic heterocycles. The molecule has 0 radical (unpaired) electrons. The fraction of sp³-hybridized carbons (Fsp3) is 1.00. The molecule has 0 saturated carbocycles. The standard InChI is InChI=1S/C9H20N/c1-3-7-10(2)8-5-4-6-9-10/h3-9H2,1-2H3/q+1. The van der Waals surface area contributed by atoms with Gasteiger partial charge in [0.15, 0.2) is 0 Å². The molecule has 1 fully saturated rings. The van der Waals surface area contributed by atoms with E-state index in [2.05, 4.69) is 14.0 Å². The Morgan fingerprint density at radius 3 is 2.20 bits per heavy atom. The Kier molecular flexibility index (Phi) is 2.72. The minimum Gasteiger partial charge on any atom is -0.326 e. The summed E-state index contributed by atoms with van der Waals surface area (Å²) in [7, 11) is 2.41. The summed E-state index contributed by atoms with van der Waals surface area (Å²) < 4.78 is 1.34. The van der Waals surface area contributed by atoms with Crippen molar-refractivity contribution >= 4 is 0 Å². The topological polar surface area (TPSA) is 0 Å². The summed E-state index contributed by atoms with van der Waals surface area (Å²) in [5.41, 5.74) is 0. The maximum atomic E-state index is 2.41. The highest BCUT2D eigenvalue weighted by Gasteiger charge is 2.22. The van der Waals surface area contributed by atoms with Crippen LogP contribution in [0.3, 0.4) is 0 Å². The molecule has 0 N–H and O–H groups in total. The van der Waals surface area contributed by atoms with Crippen molar-refractivity contribution in [2.75, 3.05) is 26.7 Å². The summed E-state index contributed by atoms with van der Waals surface area (Å²) in [5.74, 6) is 0. The van der Waals surface area contributed by atoms with Gasteiger partial charge in [0.25, 0.3) is 0 Å². The molecule has 1 heteroatoms. The molecular weight excluding hydrogens is 122 g/mol. The van der Waals surface area contributed by atoms with Crippen LogP contribution in [0, 0.1) is 0 Å². The van der Waals surface area contributed by atoms with Crippen LogP contribution in [0.15, 0.2) is 0 Å². The van der Waals surface area contributed by atoms with Crippen molar-refractivity contribution in [3.8, 4) is 0 Å². The van der Waals surface area contributed by atoms with Crippen molar-refractivity contribution < 1.29 is 4.48 Å². The average Bonchev–Trinajstić information content (AvgIpc) is 1.89. The van der Waals surface area contributed by atoms with E-state index in [1.54, 1.807) is 0 Å². The van der Waals surface area contributed by atoms with E-state index >= 15 is 0 Å². The average molecular weight is 142 g/mol. The van der Waals surface area contributed by atoms with Crippen molar-refractivity contribution in [3.05, 3.63) is 0 Å². The van der Waals surface area contributed by atoms with Crippen molar-refractivity contribution in [2.45, 2.75) is 32.6 Å². The number of piperidine rings is 1. The van der Waals surface area contributed by atoms with Gasteiger partial charge in [-0.25, -0.2) is 0 Å². The van der Waals surface area contributed by atoms with Gasteiger partial charge in [-0.15, -0.1) is 0 Å². The van der Waals surface area contributed by atoms with E-state index in [4.69, 9.17) is 0 Å². The monoisotopic (exact) mass is 142 g/mol. The lowest BCUT2D eigenvalue weighted by atomic mass is 10.1. The summed E-state index contributed by atoms with van der Waals surface area (Å²) in [6, 6.07) is 0. The van der Waals surface area contributed by atoms with Crippen LogP contribution in [0.2, 0.25) is 0 Å². The third-order valence-electron chi connectivity index (χ3n) is 2.66. The predicted octanol–water partition coefficient (Wildman–Crippen LogP) is 2.03. The summed E-state index contributed by atoms with van der Waals surface area (Å²) in [6.07, 6.45) is 5.72. The van der Waals surface area contributed by atoms with Gasteiger partial charge in [0, 0.05) is 0 Å². The molecule has 1 aliphatic rings. The Balaban J connectivity index is 2.32. The van der Waals surface area contributed by atoms with Gasteiger partial charge in [-0.1, -0.05) is 6.92 Å². The molecule has 0 spiro atoms. The van der Waals surface area contributed by atoms with Crippen LogP contribution in [0.4, 0.5) is 0 Å². The van der Waals surface area contributed by atoms with Crippen molar-refractivity contribution in [1.29, 1.82) is 0 Å². The highest BCUT2D eigenvalue weighted by Crippen LogP contribution is 2.15. The molecule has 1 saturated heterocycles. The lowest BCUT2D eigenvalue weighted by Crippen LogP contribution is -2.48. The second kappa shape index (κ2) is 3.38. The van der Waals surface area contributed by atoms with Crippen LogP contribution in [-0.2, 0) is 0 Å². The minimum atomic E-state index is 1.34. The Hall–Kier alpha value is -0.0400. The quantitative estimate of drug-likeness (QED) is 0.517. The first-order valence-corrected chi connectivity index (χ1v) is 4.60.